The largest absolute Gasteiger partial charge is 0.461 e. The lowest BCUT2D eigenvalue weighted by Gasteiger charge is -2.04. The Hall–Kier alpha value is -2.25. The average Bonchev–Trinajstić information content (AvgIpc) is 3.27. The fourth-order valence-corrected chi connectivity index (χ4v) is 2.29. The third kappa shape index (κ3) is 3.57. The molecule has 0 aliphatic heterocycles. The standard InChI is InChI=1S/C14H12Cl2N4O3/c15-12-13(16)20(8-18-12)5-2-4-17-14(21)9-7-11(23-19-9)10-3-1-6-22-10/h1,3,6-8H,2,4-5H2,(H,17,21). The molecule has 0 aliphatic rings. The second-order valence-electron chi connectivity index (χ2n) is 4.68. The van der Waals surface area contributed by atoms with Crippen LogP contribution >= 0.6 is 23.2 Å². The molecule has 0 radical (unpaired) electrons. The fourth-order valence-electron chi connectivity index (χ4n) is 1.96. The van der Waals surface area contributed by atoms with E-state index in [0.717, 1.165) is 0 Å². The van der Waals surface area contributed by atoms with Crippen LogP contribution in [0.15, 0.2) is 39.7 Å². The van der Waals surface area contributed by atoms with Crippen LogP contribution in [0.3, 0.4) is 0 Å². The number of amides is 1. The van der Waals surface area contributed by atoms with Crippen molar-refractivity contribution in [2.75, 3.05) is 6.54 Å². The van der Waals surface area contributed by atoms with Crippen molar-refractivity contribution in [1.29, 1.82) is 0 Å². The van der Waals surface area contributed by atoms with Crippen LogP contribution in [0.2, 0.25) is 10.3 Å². The van der Waals surface area contributed by atoms with E-state index in [1.165, 1.54) is 12.3 Å². The van der Waals surface area contributed by atoms with Gasteiger partial charge in [0.25, 0.3) is 5.91 Å². The molecule has 0 saturated carbocycles. The number of nitrogens with one attached hydrogen (secondary N) is 1. The molecule has 9 heteroatoms. The van der Waals surface area contributed by atoms with Gasteiger partial charge in [0.1, 0.15) is 5.15 Å². The Bertz CT molecular complexity index is 795. The normalized spacial score (nSPS) is 10.9. The van der Waals surface area contributed by atoms with Gasteiger partial charge >= 0.3 is 0 Å². The molecule has 1 N–H and O–H groups in total. The zero-order chi connectivity index (χ0) is 16.2. The minimum Gasteiger partial charge on any atom is -0.461 e. The molecular weight excluding hydrogens is 343 g/mol. The van der Waals surface area contributed by atoms with Crippen LogP contribution in [0.1, 0.15) is 16.9 Å². The van der Waals surface area contributed by atoms with E-state index in [9.17, 15) is 4.79 Å². The summed E-state index contributed by atoms with van der Waals surface area (Å²) >= 11 is 11.7. The van der Waals surface area contributed by atoms with Crippen molar-refractivity contribution in [3.63, 3.8) is 0 Å². The Kier molecular flexibility index (Phi) is 4.68. The molecule has 0 fully saturated rings. The van der Waals surface area contributed by atoms with Gasteiger partial charge in [-0.15, -0.1) is 0 Å². The molecule has 120 valence electrons. The number of carbonyl (C=O) groups excluding carboxylic acids is 1. The Morgan fingerprint density at radius 1 is 1.35 bits per heavy atom. The molecule has 0 spiro atoms. The van der Waals surface area contributed by atoms with Crippen LogP contribution < -0.4 is 5.32 Å². The van der Waals surface area contributed by atoms with Gasteiger partial charge in [0.15, 0.2) is 16.6 Å². The summed E-state index contributed by atoms with van der Waals surface area (Å²) in [6.45, 7) is 1.04. The quantitative estimate of drug-likeness (QED) is 0.686. The summed E-state index contributed by atoms with van der Waals surface area (Å²) in [5, 5.41) is 7.13. The maximum absolute atomic E-state index is 12.0. The van der Waals surface area contributed by atoms with Crippen molar-refractivity contribution in [3.8, 4) is 11.5 Å². The van der Waals surface area contributed by atoms with Crippen LogP contribution in [0, 0.1) is 0 Å². The van der Waals surface area contributed by atoms with Crippen molar-refractivity contribution in [3.05, 3.63) is 46.8 Å². The first-order valence-electron chi connectivity index (χ1n) is 6.80. The summed E-state index contributed by atoms with van der Waals surface area (Å²) < 4.78 is 12.0. The fraction of sp³-hybridized carbons (Fsp3) is 0.214. The number of carbonyl (C=O) groups is 1. The van der Waals surface area contributed by atoms with Crippen LogP contribution in [0.4, 0.5) is 0 Å². The molecule has 0 bridgehead atoms. The molecular formula is C14H12Cl2N4O3. The maximum atomic E-state index is 12.0. The highest BCUT2D eigenvalue weighted by Crippen LogP contribution is 2.21. The zero-order valence-electron chi connectivity index (χ0n) is 11.8. The average molecular weight is 355 g/mol. The van der Waals surface area contributed by atoms with E-state index < -0.39 is 0 Å². The van der Waals surface area contributed by atoms with Gasteiger partial charge in [-0.05, 0) is 18.6 Å². The van der Waals surface area contributed by atoms with Gasteiger partial charge in [0.05, 0.1) is 12.6 Å². The predicted octanol–water partition coefficient (Wildman–Crippen LogP) is 3.26. The van der Waals surface area contributed by atoms with Crippen LogP contribution in [-0.2, 0) is 6.54 Å². The Morgan fingerprint density at radius 3 is 2.91 bits per heavy atom. The topological polar surface area (TPSA) is 86.1 Å². The number of furan rings is 1. The predicted molar refractivity (Wildman–Crippen MR) is 83.4 cm³/mol. The van der Waals surface area contributed by atoms with Crippen molar-refractivity contribution in [2.45, 2.75) is 13.0 Å². The van der Waals surface area contributed by atoms with Crippen LogP contribution in [-0.4, -0.2) is 27.2 Å². The lowest BCUT2D eigenvalue weighted by Crippen LogP contribution is -2.25. The number of aryl methyl sites for hydroxylation is 1. The lowest BCUT2D eigenvalue weighted by atomic mass is 10.3. The van der Waals surface area contributed by atoms with E-state index in [2.05, 4.69) is 15.5 Å². The molecule has 23 heavy (non-hydrogen) atoms. The summed E-state index contributed by atoms with van der Waals surface area (Å²) in [7, 11) is 0. The molecule has 3 aromatic heterocycles. The van der Waals surface area contributed by atoms with E-state index >= 15 is 0 Å². The second kappa shape index (κ2) is 6.89. The van der Waals surface area contributed by atoms with Gasteiger partial charge in [0.2, 0.25) is 5.76 Å². The van der Waals surface area contributed by atoms with E-state index in [-0.39, 0.29) is 16.8 Å². The summed E-state index contributed by atoms with van der Waals surface area (Å²) in [4.78, 5) is 15.9. The van der Waals surface area contributed by atoms with E-state index in [1.54, 1.807) is 23.0 Å². The van der Waals surface area contributed by atoms with E-state index in [1.807, 2.05) is 0 Å². The van der Waals surface area contributed by atoms with Gasteiger partial charge in [-0.1, -0.05) is 28.4 Å². The molecule has 3 rings (SSSR count). The molecule has 1 amide bonds. The molecule has 0 atom stereocenters. The van der Waals surface area contributed by atoms with Gasteiger partial charge in [0, 0.05) is 19.2 Å². The van der Waals surface area contributed by atoms with E-state index in [4.69, 9.17) is 32.1 Å². The number of hydrogen-bond donors (Lipinski definition) is 1. The molecule has 0 saturated heterocycles. The molecule has 0 unspecified atom stereocenters. The first kappa shape index (κ1) is 15.6. The Labute approximate surface area is 141 Å². The maximum Gasteiger partial charge on any atom is 0.273 e. The highest BCUT2D eigenvalue weighted by Gasteiger charge is 2.14. The zero-order valence-corrected chi connectivity index (χ0v) is 13.3. The summed E-state index contributed by atoms with van der Waals surface area (Å²) in [5.74, 6) is 0.601. The SMILES string of the molecule is O=C(NCCCn1cnc(Cl)c1Cl)c1cc(-c2ccco2)on1. The van der Waals surface area contributed by atoms with Gasteiger partial charge < -0.3 is 18.8 Å². The van der Waals surface area contributed by atoms with E-state index in [0.29, 0.717) is 36.2 Å². The number of imidazole rings is 1. The number of nitrogens with zero attached hydrogens (tertiary/aromatic N) is 3. The number of hydrogen-bond acceptors (Lipinski definition) is 5. The first-order chi connectivity index (χ1) is 11.1. The summed E-state index contributed by atoms with van der Waals surface area (Å²) in [5.41, 5.74) is 0.195. The monoisotopic (exact) mass is 354 g/mol. The third-order valence-corrected chi connectivity index (χ3v) is 3.87. The van der Waals surface area contributed by atoms with Gasteiger partial charge in [-0.25, -0.2) is 4.98 Å². The Balaban J connectivity index is 1.49. The minimum atomic E-state index is -0.318. The van der Waals surface area contributed by atoms with Crippen molar-refractivity contribution >= 4 is 29.1 Å². The second-order valence-corrected chi connectivity index (χ2v) is 5.40. The van der Waals surface area contributed by atoms with Gasteiger partial charge in [-0.2, -0.15) is 0 Å². The number of rotatable bonds is 6. The summed E-state index contributed by atoms with van der Waals surface area (Å²) in [6.07, 6.45) is 3.74. The van der Waals surface area contributed by atoms with Crippen molar-refractivity contribution in [1.82, 2.24) is 20.0 Å². The Morgan fingerprint density at radius 2 is 2.22 bits per heavy atom. The van der Waals surface area contributed by atoms with Crippen LogP contribution in [0.25, 0.3) is 11.5 Å². The molecule has 0 aliphatic carbocycles. The molecule has 7 nitrogen and oxygen atoms in total. The minimum absolute atomic E-state index is 0.195. The highest BCUT2D eigenvalue weighted by atomic mass is 35.5. The van der Waals surface area contributed by atoms with Crippen molar-refractivity contribution < 1.29 is 13.7 Å². The lowest BCUT2D eigenvalue weighted by molar-refractivity contribution is 0.0943. The first-order valence-corrected chi connectivity index (χ1v) is 7.55. The van der Waals surface area contributed by atoms with Gasteiger partial charge in [-0.3, -0.25) is 4.79 Å². The molecule has 3 aromatic rings. The number of aromatic nitrogens is 3. The molecule has 3 heterocycles. The van der Waals surface area contributed by atoms with Crippen molar-refractivity contribution in [2.24, 2.45) is 0 Å². The smallest absolute Gasteiger partial charge is 0.273 e. The van der Waals surface area contributed by atoms with Crippen LogP contribution in [0.5, 0.6) is 0 Å². The third-order valence-electron chi connectivity index (χ3n) is 3.10. The highest BCUT2D eigenvalue weighted by molar-refractivity contribution is 6.40. The number of halogens is 2. The molecule has 0 aromatic carbocycles. The summed E-state index contributed by atoms with van der Waals surface area (Å²) in [6, 6.07) is 4.98.